The van der Waals surface area contributed by atoms with E-state index in [0.29, 0.717) is 0 Å². The van der Waals surface area contributed by atoms with Gasteiger partial charge < -0.3 is 0 Å². The van der Waals surface area contributed by atoms with Crippen LogP contribution in [0.5, 0.6) is 0 Å². The van der Waals surface area contributed by atoms with Crippen molar-refractivity contribution in [3.05, 3.63) is 87.7 Å². The molecule has 1 aromatic carbocycles. The van der Waals surface area contributed by atoms with E-state index in [1.165, 1.54) is 27.2 Å². The third-order valence-corrected chi connectivity index (χ3v) is 4.63. The molecule has 0 aliphatic heterocycles. The lowest BCUT2D eigenvalue weighted by Gasteiger charge is -2.07. The fourth-order valence-corrected chi connectivity index (χ4v) is 3.11. The van der Waals surface area contributed by atoms with Gasteiger partial charge in [-0.05, 0) is 60.5 Å². The van der Waals surface area contributed by atoms with Crippen LogP contribution in [0.15, 0.2) is 76.6 Å². The number of thioether (sulfide) groups is 1. The maximum absolute atomic E-state index is 4.10. The summed E-state index contributed by atoms with van der Waals surface area (Å²) in [5.41, 5.74) is 6.49. The summed E-state index contributed by atoms with van der Waals surface area (Å²) in [4.78, 5) is 1.24. The third-order valence-electron chi connectivity index (χ3n) is 3.58. The summed E-state index contributed by atoms with van der Waals surface area (Å²) in [6, 6.07) is 8.77. The molecule has 0 unspecified atom stereocenters. The molecule has 0 nitrogen and oxygen atoms in total. The van der Waals surface area contributed by atoms with Crippen LogP contribution in [0.2, 0.25) is 0 Å². The maximum Gasteiger partial charge on any atom is 0.0142 e. The molecule has 0 radical (unpaired) electrons. The standard InChI is InChI=1S/C21H24S/c1-5-6-13-22-21(16(2)3)15-18-9-12-20(14-18)19-10-7-17(4)8-11-19/h6-13,15H,2,5,14H2,1,3-4H3/b13-6+,21-15-. The molecule has 0 amide bonds. The fourth-order valence-electron chi connectivity index (χ4n) is 2.25. The van der Waals surface area contributed by atoms with Gasteiger partial charge in [0.15, 0.2) is 0 Å². The zero-order chi connectivity index (χ0) is 15.9. The van der Waals surface area contributed by atoms with Gasteiger partial charge in [0.1, 0.15) is 0 Å². The highest BCUT2D eigenvalue weighted by Crippen LogP contribution is 2.32. The second-order valence-corrected chi connectivity index (χ2v) is 6.61. The number of rotatable bonds is 6. The number of aryl methyl sites for hydroxylation is 1. The molecule has 1 aromatic rings. The Balaban J connectivity index is 2.06. The highest BCUT2D eigenvalue weighted by Gasteiger charge is 2.10. The van der Waals surface area contributed by atoms with Crippen LogP contribution in [-0.4, -0.2) is 0 Å². The second kappa shape index (κ2) is 8.05. The summed E-state index contributed by atoms with van der Waals surface area (Å²) < 4.78 is 0. The van der Waals surface area contributed by atoms with Crippen LogP contribution in [0.4, 0.5) is 0 Å². The van der Waals surface area contributed by atoms with E-state index in [2.05, 4.69) is 81.3 Å². The van der Waals surface area contributed by atoms with Crippen molar-refractivity contribution in [2.45, 2.75) is 33.6 Å². The molecule has 0 bridgehead atoms. The van der Waals surface area contributed by atoms with Crippen LogP contribution in [0.25, 0.3) is 5.57 Å². The first-order valence-electron chi connectivity index (χ1n) is 7.76. The van der Waals surface area contributed by atoms with E-state index in [0.717, 1.165) is 18.4 Å². The average Bonchev–Trinajstić information content (AvgIpc) is 2.95. The smallest absolute Gasteiger partial charge is 0.0142 e. The molecule has 22 heavy (non-hydrogen) atoms. The quantitative estimate of drug-likeness (QED) is 0.519. The Hall–Kier alpha value is -1.73. The average molecular weight is 308 g/mol. The van der Waals surface area contributed by atoms with Crippen molar-refractivity contribution in [2.75, 3.05) is 0 Å². The molecule has 0 N–H and O–H groups in total. The molecule has 0 fully saturated rings. The summed E-state index contributed by atoms with van der Waals surface area (Å²) in [6.07, 6.45) is 11.0. The highest BCUT2D eigenvalue weighted by atomic mass is 32.2. The van der Waals surface area contributed by atoms with Gasteiger partial charge in [-0.25, -0.2) is 0 Å². The Morgan fingerprint density at radius 2 is 1.95 bits per heavy atom. The van der Waals surface area contributed by atoms with Gasteiger partial charge in [0.05, 0.1) is 0 Å². The van der Waals surface area contributed by atoms with Gasteiger partial charge >= 0.3 is 0 Å². The van der Waals surface area contributed by atoms with Crippen molar-refractivity contribution in [3.8, 4) is 0 Å². The first-order chi connectivity index (χ1) is 10.6. The van der Waals surface area contributed by atoms with Gasteiger partial charge in [-0.1, -0.05) is 73.3 Å². The molecule has 2 rings (SSSR count). The Bertz CT molecular complexity index is 652. The predicted octanol–water partition coefficient (Wildman–Crippen LogP) is 6.83. The first-order valence-corrected chi connectivity index (χ1v) is 8.64. The zero-order valence-electron chi connectivity index (χ0n) is 13.7. The second-order valence-electron chi connectivity index (χ2n) is 5.66. The Labute approximate surface area is 139 Å². The van der Waals surface area contributed by atoms with E-state index in [-0.39, 0.29) is 0 Å². The van der Waals surface area contributed by atoms with E-state index < -0.39 is 0 Å². The molecule has 1 aliphatic carbocycles. The minimum Gasteiger partial charge on any atom is -0.0981 e. The van der Waals surface area contributed by atoms with Gasteiger partial charge in [-0.3, -0.25) is 0 Å². The van der Waals surface area contributed by atoms with Gasteiger partial charge in [-0.2, -0.15) is 0 Å². The number of allylic oxidation sites excluding steroid dienone is 7. The van der Waals surface area contributed by atoms with Gasteiger partial charge in [-0.15, -0.1) is 0 Å². The lowest BCUT2D eigenvalue weighted by molar-refractivity contribution is 1.23. The molecule has 1 aliphatic rings. The van der Waals surface area contributed by atoms with E-state index in [4.69, 9.17) is 0 Å². The molecule has 1 heteroatoms. The molecular weight excluding hydrogens is 284 g/mol. The van der Waals surface area contributed by atoms with Crippen molar-refractivity contribution >= 4 is 17.3 Å². The topological polar surface area (TPSA) is 0 Å². The van der Waals surface area contributed by atoms with E-state index >= 15 is 0 Å². The summed E-state index contributed by atoms with van der Waals surface area (Å²) in [5.74, 6) is 0. The SMILES string of the molecule is C=C(C)/C(=C/C1=CC=C(c2ccc(C)cc2)C1)S/C=C/CC. The van der Waals surface area contributed by atoms with Crippen LogP contribution in [0.1, 0.15) is 37.8 Å². The molecule has 0 atom stereocenters. The van der Waals surface area contributed by atoms with Crippen molar-refractivity contribution in [3.63, 3.8) is 0 Å². The lowest BCUT2D eigenvalue weighted by atomic mass is 10.0. The molecule has 0 saturated carbocycles. The minimum atomic E-state index is 0.998. The summed E-state index contributed by atoms with van der Waals surface area (Å²) in [7, 11) is 0. The van der Waals surface area contributed by atoms with Crippen molar-refractivity contribution in [1.82, 2.24) is 0 Å². The molecule has 0 saturated heterocycles. The van der Waals surface area contributed by atoms with Gasteiger partial charge in [0.2, 0.25) is 0 Å². The van der Waals surface area contributed by atoms with Crippen LogP contribution >= 0.6 is 11.8 Å². The number of hydrogen-bond donors (Lipinski definition) is 0. The van der Waals surface area contributed by atoms with Gasteiger partial charge in [0, 0.05) is 4.91 Å². The predicted molar refractivity (Wildman–Crippen MR) is 102 cm³/mol. The van der Waals surface area contributed by atoms with E-state index in [1.54, 1.807) is 11.8 Å². The summed E-state index contributed by atoms with van der Waals surface area (Å²) in [5, 5.41) is 2.16. The lowest BCUT2D eigenvalue weighted by Crippen LogP contribution is -1.85. The minimum absolute atomic E-state index is 0.998. The molecule has 114 valence electrons. The Morgan fingerprint density at radius 3 is 2.59 bits per heavy atom. The fraction of sp³-hybridized carbons (Fsp3) is 0.238. The number of benzene rings is 1. The molecule has 0 spiro atoms. The van der Waals surface area contributed by atoms with Crippen LogP contribution in [-0.2, 0) is 0 Å². The largest absolute Gasteiger partial charge is 0.0981 e. The maximum atomic E-state index is 4.10. The zero-order valence-corrected chi connectivity index (χ0v) is 14.5. The van der Waals surface area contributed by atoms with Crippen LogP contribution < -0.4 is 0 Å². The van der Waals surface area contributed by atoms with E-state index in [1.807, 2.05) is 0 Å². The van der Waals surface area contributed by atoms with Crippen molar-refractivity contribution < 1.29 is 0 Å². The van der Waals surface area contributed by atoms with Gasteiger partial charge in [0.25, 0.3) is 0 Å². The Morgan fingerprint density at radius 1 is 1.23 bits per heavy atom. The first kappa shape index (κ1) is 16.6. The van der Waals surface area contributed by atoms with Crippen LogP contribution in [0, 0.1) is 6.92 Å². The molecule has 0 heterocycles. The van der Waals surface area contributed by atoms with E-state index in [9.17, 15) is 0 Å². The normalized spacial score (nSPS) is 15.1. The van der Waals surface area contributed by atoms with Crippen molar-refractivity contribution in [2.24, 2.45) is 0 Å². The molecular formula is C21H24S. The molecule has 0 aromatic heterocycles. The highest BCUT2D eigenvalue weighted by molar-refractivity contribution is 8.06. The monoisotopic (exact) mass is 308 g/mol. The summed E-state index contributed by atoms with van der Waals surface area (Å²) in [6.45, 7) is 10.4. The number of hydrogen-bond acceptors (Lipinski definition) is 1. The van der Waals surface area contributed by atoms with Crippen molar-refractivity contribution in [1.29, 1.82) is 0 Å². The Kier molecular flexibility index (Phi) is 6.09. The summed E-state index contributed by atoms with van der Waals surface area (Å²) >= 11 is 1.76. The van der Waals surface area contributed by atoms with Crippen LogP contribution in [0.3, 0.4) is 0 Å². The third kappa shape index (κ3) is 4.64.